The van der Waals surface area contributed by atoms with Gasteiger partial charge in [0.1, 0.15) is 11.3 Å². The van der Waals surface area contributed by atoms with Gasteiger partial charge in [0.25, 0.3) is 0 Å². The molecule has 1 aromatic heterocycles. The largest absolute Gasteiger partial charge is 0.473 e. The molecule has 0 amide bonds. The monoisotopic (exact) mass is 369 g/mol. The zero-order valence-corrected chi connectivity index (χ0v) is 15.5. The van der Waals surface area contributed by atoms with Crippen LogP contribution >= 0.6 is 0 Å². The Labute approximate surface area is 162 Å². The number of benzene rings is 3. The van der Waals surface area contributed by atoms with Crippen LogP contribution in [0.5, 0.6) is 5.75 Å². The summed E-state index contributed by atoms with van der Waals surface area (Å²) in [7, 11) is 0. The summed E-state index contributed by atoms with van der Waals surface area (Å²) in [6, 6.07) is 24.2. The van der Waals surface area contributed by atoms with Gasteiger partial charge in [0.05, 0.1) is 12.1 Å². The molecule has 0 saturated carbocycles. The van der Waals surface area contributed by atoms with Crippen molar-refractivity contribution in [3.8, 4) is 16.9 Å². The van der Waals surface area contributed by atoms with Gasteiger partial charge in [-0.1, -0.05) is 42.5 Å². The van der Waals surface area contributed by atoms with Crippen LogP contribution in [0.1, 0.15) is 11.1 Å². The van der Waals surface area contributed by atoms with E-state index in [9.17, 15) is 4.79 Å². The van der Waals surface area contributed by atoms with Crippen molar-refractivity contribution in [2.24, 2.45) is 0 Å². The second-order valence-corrected chi connectivity index (χ2v) is 7.05. The van der Waals surface area contributed by atoms with Gasteiger partial charge in [-0.3, -0.25) is 0 Å². The van der Waals surface area contributed by atoms with Crippen molar-refractivity contribution in [1.29, 1.82) is 0 Å². The van der Waals surface area contributed by atoms with Crippen LogP contribution in [-0.2, 0) is 6.54 Å². The predicted molar refractivity (Wildman–Crippen MR) is 111 cm³/mol. The van der Waals surface area contributed by atoms with Gasteiger partial charge in [-0.15, -0.1) is 0 Å². The van der Waals surface area contributed by atoms with Crippen LogP contribution in [-0.4, -0.2) is 6.73 Å². The predicted octanol–water partition coefficient (Wildman–Crippen LogP) is 5.12. The van der Waals surface area contributed by atoms with E-state index in [-0.39, 0.29) is 5.63 Å². The van der Waals surface area contributed by atoms with Gasteiger partial charge in [-0.05, 0) is 47.9 Å². The lowest BCUT2D eigenvalue weighted by atomic mass is 10.0. The average molecular weight is 369 g/mol. The number of hydrogen-bond acceptors (Lipinski definition) is 4. The minimum atomic E-state index is -0.331. The number of rotatable bonds is 2. The number of fused-ring (bicyclic) bond motifs is 3. The Morgan fingerprint density at radius 2 is 1.64 bits per heavy atom. The van der Waals surface area contributed by atoms with Crippen LogP contribution in [0.3, 0.4) is 0 Å². The Morgan fingerprint density at radius 1 is 0.893 bits per heavy atom. The SMILES string of the molecule is Cc1cc(=O)oc2c3c(ccc12)OCN(c1ccc(-c2ccccc2)cc1)C3. The molecule has 0 bridgehead atoms. The van der Waals surface area contributed by atoms with Crippen LogP contribution in [0, 0.1) is 6.92 Å². The van der Waals surface area contributed by atoms with Gasteiger partial charge in [0.15, 0.2) is 6.73 Å². The van der Waals surface area contributed by atoms with E-state index < -0.39 is 0 Å². The molecule has 0 atom stereocenters. The molecule has 0 spiro atoms. The third-order valence-electron chi connectivity index (χ3n) is 5.24. The highest BCUT2D eigenvalue weighted by Gasteiger charge is 2.22. The van der Waals surface area contributed by atoms with Crippen LogP contribution in [0.2, 0.25) is 0 Å². The second kappa shape index (κ2) is 6.57. The van der Waals surface area contributed by atoms with Crippen LogP contribution in [0.4, 0.5) is 5.69 Å². The molecule has 4 aromatic rings. The summed E-state index contributed by atoms with van der Waals surface area (Å²) < 4.78 is 11.5. The molecule has 4 nitrogen and oxygen atoms in total. The molecule has 28 heavy (non-hydrogen) atoms. The fourth-order valence-electron chi connectivity index (χ4n) is 3.75. The molecule has 4 heteroatoms. The van der Waals surface area contributed by atoms with E-state index in [2.05, 4.69) is 41.3 Å². The molecular formula is C24H19NO3. The summed E-state index contributed by atoms with van der Waals surface area (Å²) in [4.78, 5) is 14.0. The van der Waals surface area contributed by atoms with Crippen molar-refractivity contribution >= 4 is 16.7 Å². The lowest BCUT2D eigenvalue weighted by Gasteiger charge is -2.31. The molecule has 0 radical (unpaired) electrons. The number of nitrogens with zero attached hydrogens (tertiary/aromatic N) is 1. The standard InChI is InChI=1S/C24H19NO3/c1-16-13-23(26)28-24-20(16)11-12-22-21(24)14-25(15-27-22)19-9-7-18(8-10-19)17-5-3-2-4-6-17/h2-13H,14-15H2,1H3. The minimum absolute atomic E-state index is 0.331. The molecular weight excluding hydrogens is 350 g/mol. The quantitative estimate of drug-likeness (QED) is 0.460. The zero-order valence-electron chi connectivity index (χ0n) is 15.5. The zero-order chi connectivity index (χ0) is 19.1. The van der Waals surface area contributed by atoms with Gasteiger partial charge < -0.3 is 14.1 Å². The number of aryl methyl sites for hydroxylation is 1. The lowest BCUT2D eigenvalue weighted by molar-refractivity contribution is 0.289. The minimum Gasteiger partial charge on any atom is -0.473 e. The van der Waals surface area contributed by atoms with Crippen molar-refractivity contribution in [3.63, 3.8) is 0 Å². The van der Waals surface area contributed by atoms with Gasteiger partial charge in [0.2, 0.25) is 0 Å². The molecule has 5 rings (SSSR count). The maximum Gasteiger partial charge on any atom is 0.336 e. The fourth-order valence-corrected chi connectivity index (χ4v) is 3.75. The first-order chi connectivity index (χ1) is 13.7. The first-order valence-corrected chi connectivity index (χ1v) is 9.28. The Hall–Kier alpha value is -3.53. The second-order valence-electron chi connectivity index (χ2n) is 7.05. The maximum absolute atomic E-state index is 11.9. The highest BCUT2D eigenvalue weighted by molar-refractivity contribution is 5.85. The van der Waals surface area contributed by atoms with Gasteiger partial charge in [0, 0.05) is 17.1 Å². The van der Waals surface area contributed by atoms with E-state index in [1.54, 1.807) is 0 Å². The van der Waals surface area contributed by atoms with Gasteiger partial charge in [-0.25, -0.2) is 4.79 Å². The smallest absolute Gasteiger partial charge is 0.336 e. The Bertz CT molecular complexity index is 1210. The summed E-state index contributed by atoms with van der Waals surface area (Å²) in [6.07, 6.45) is 0. The average Bonchev–Trinajstić information content (AvgIpc) is 2.74. The summed E-state index contributed by atoms with van der Waals surface area (Å²) in [5.41, 5.74) is 5.55. The number of anilines is 1. The van der Waals surface area contributed by atoms with Crippen molar-refractivity contribution in [2.75, 3.05) is 11.6 Å². The molecule has 0 fully saturated rings. The lowest BCUT2D eigenvalue weighted by Crippen LogP contribution is -2.32. The molecule has 2 heterocycles. The summed E-state index contributed by atoms with van der Waals surface area (Å²) in [6.45, 7) is 3.01. The van der Waals surface area contributed by atoms with Crippen molar-refractivity contribution in [2.45, 2.75) is 13.5 Å². The number of ether oxygens (including phenoxy) is 1. The molecule has 0 saturated heterocycles. The molecule has 0 N–H and O–H groups in total. The molecule has 0 unspecified atom stereocenters. The summed E-state index contributed by atoms with van der Waals surface area (Å²) in [5.74, 6) is 0.776. The normalized spacial score (nSPS) is 13.2. The topological polar surface area (TPSA) is 42.7 Å². The van der Waals surface area contributed by atoms with E-state index in [4.69, 9.17) is 9.15 Å². The Kier molecular flexibility index (Phi) is 3.90. The highest BCUT2D eigenvalue weighted by atomic mass is 16.5. The summed E-state index contributed by atoms with van der Waals surface area (Å²) in [5, 5.41) is 0.947. The molecule has 1 aliphatic heterocycles. The van der Waals surface area contributed by atoms with E-state index in [1.165, 1.54) is 17.2 Å². The van der Waals surface area contributed by atoms with Crippen molar-refractivity contribution < 1.29 is 9.15 Å². The first-order valence-electron chi connectivity index (χ1n) is 9.28. The molecule has 3 aromatic carbocycles. The fraction of sp³-hybridized carbons (Fsp3) is 0.125. The van der Waals surface area contributed by atoms with Crippen LogP contribution in [0.25, 0.3) is 22.1 Å². The van der Waals surface area contributed by atoms with E-state index in [0.717, 1.165) is 28.0 Å². The van der Waals surface area contributed by atoms with Crippen molar-refractivity contribution in [1.82, 2.24) is 0 Å². The highest BCUT2D eigenvalue weighted by Crippen LogP contribution is 2.35. The first kappa shape index (κ1) is 16.6. The third-order valence-corrected chi connectivity index (χ3v) is 5.24. The Balaban J connectivity index is 1.50. The van der Waals surface area contributed by atoms with Crippen molar-refractivity contribution in [3.05, 3.63) is 94.3 Å². The molecule has 138 valence electrons. The van der Waals surface area contributed by atoms with E-state index in [0.29, 0.717) is 18.9 Å². The van der Waals surface area contributed by atoms with E-state index >= 15 is 0 Å². The van der Waals surface area contributed by atoms with Gasteiger partial charge in [-0.2, -0.15) is 0 Å². The van der Waals surface area contributed by atoms with E-state index in [1.807, 2.05) is 37.3 Å². The third kappa shape index (κ3) is 2.83. The van der Waals surface area contributed by atoms with Gasteiger partial charge >= 0.3 is 5.63 Å². The molecule has 0 aliphatic carbocycles. The van der Waals surface area contributed by atoms with Crippen LogP contribution in [0.15, 0.2) is 82.0 Å². The number of hydrogen-bond donors (Lipinski definition) is 0. The summed E-state index contributed by atoms with van der Waals surface area (Å²) >= 11 is 0. The van der Waals surface area contributed by atoms with Crippen LogP contribution < -0.4 is 15.3 Å². The Morgan fingerprint density at radius 3 is 2.43 bits per heavy atom. The molecule has 1 aliphatic rings. The maximum atomic E-state index is 11.9.